The molecule has 1 aliphatic rings. The summed E-state index contributed by atoms with van der Waals surface area (Å²) >= 11 is 0. The molecule has 0 aromatic heterocycles. The highest BCUT2D eigenvalue weighted by Gasteiger charge is 2.24. The van der Waals surface area contributed by atoms with Crippen molar-refractivity contribution < 1.29 is 8.42 Å². The number of hydrogen-bond donors (Lipinski definition) is 2. The lowest BCUT2D eigenvalue weighted by atomic mass is 10.0. The third-order valence-electron chi connectivity index (χ3n) is 3.58. The van der Waals surface area contributed by atoms with Crippen LogP contribution in [0.15, 0.2) is 0 Å². The van der Waals surface area contributed by atoms with E-state index >= 15 is 0 Å². The molecule has 0 aromatic carbocycles. The highest BCUT2D eigenvalue weighted by Crippen LogP contribution is 2.13. The van der Waals surface area contributed by atoms with Crippen LogP contribution in [0.5, 0.6) is 0 Å². The van der Waals surface area contributed by atoms with E-state index in [9.17, 15) is 8.42 Å². The maximum atomic E-state index is 12.0. The Hall–Kier alpha value is -0.130. The highest BCUT2D eigenvalue weighted by atomic mass is 32.2. The minimum Gasteiger partial charge on any atom is -0.314 e. The first-order valence-corrected chi connectivity index (χ1v) is 8.35. The van der Waals surface area contributed by atoms with Gasteiger partial charge in [-0.1, -0.05) is 26.7 Å². The topological polar surface area (TPSA) is 58.2 Å². The zero-order chi connectivity index (χ0) is 12.9. The van der Waals surface area contributed by atoms with E-state index in [0.717, 1.165) is 32.2 Å². The van der Waals surface area contributed by atoms with E-state index in [1.807, 2.05) is 0 Å². The molecule has 4 nitrogen and oxygen atoms in total. The molecule has 0 amide bonds. The second-order valence-electron chi connectivity index (χ2n) is 5.16. The average molecular weight is 262 g/mol. The van der Waals surface area contributed by atoms with Gasteiger partial charge in [0.1, 0.15) is 0 Å². The largest absolute Gasteiger partial charge is 0.314 e. The van der Waals surface area contributed by atoms with E-state index in [1.54, 1.807) is 0 Å². The van der Waals surface area contributed by atoms with Crippen LogP contribution in [0.1, 0.15) is 46.5 Å². The predicted molar refractivity (Wildman–Crippen MR) is 71.5 cm³/mol. The van der Waals surface area contributed by atoms with Crippen LogP contribution in [0.3, 0.4) is 0 Å². The van der Waals surface area contributed by atoms with Gasteiger partial charge in [0, 0.05) is 12.1 Å². The molecule has 1 saturated heterocycles. The minimum atomic E-state index is -3.11. The van der Waals surface area contributed by atoms with Crippen molar-refractivity contribution in [2.45, 2.75) is 58.5 Å². The summed E-state index contributed by atoms with van der Waals surface area (Å²) in [5, 5.41) is 3.33. The molecule has 1 aliphatic heterocycles. The van der Waals surface area contributed by atoms with E-state index in [-0.39, 0.29) is 17.7 Å². The molecule has 2 N–H and O–H groups in total. The van der Waals surface area contributed by atoms with Gasteiger partial charge in [-0.2, -0.15) is 0 Å². The van der Waals surface area contributed by atoms with Crippen molar-refractivity contribution >= 4 is 10.0 Å². The molecule has 102 valence electrons. The molecule has 0 saturated carbocycles. The van der Waals surface area contributed by atoms with Crippen LogP contribution in [0, 0.1) is 5.92 Å². The molecule has 1 rings (SSSR count). The van der Waals surface area contributed by atoms with E-state index in [1.165, 1.54) is 0 Å². The molecule has 2 unspecified atom stereocenters. The van der Waals surface area contributed by atoms with Gasteiger partial charge in [0.2, 0.25) is 10.0 Å². The number of nitrogens with one attached hydrogen (secondary N) is 2. The summed E-state index contributed by atoms with van der Waals surface area (Å²) in [5.74, 6) is 0.560. The molecule has 1 heterocycles. The monoisotopic (exact) mass is 262 g/mol. The molecule has 2 atom stereocenters. The molecule has 0 spiro atoms. The minimum absolute atomic E-state index is 0.116. The van der Waals surface area contributed by atoms with Crippen molar-refractivity contribution in [1.29, 1.82) is 0 Å². The van der Waals surface area contributed by atoms with Crippen molar-refractivity contribution in [3.8, 4) is 0 Å². The summed E-state index contributed by atoms with van der Waals surface area (Å²) in [4.78, 5) is 0. The van der Waals surface area contributed by atoms with Gasteiger partial charge >= 0.3 is 0 Å². The standard InChI is InChI=1S/C12H26N2O2S/c1-4-11(5-2)9-17(15,16)14-12-6-7-13-10(3)8-12/h10-14H,4-9H2,1-3H3. The lowest BCUT2D eigenvalue weighted by molar-refractivity contribution is 0.360. The Morgan fingerprint density at radius 1 is 1.35 bits per heavy atom. The maximum absolute atomic E-state index is 12.0. The number of rotatable bonds is 6. The lowest BCUT2D eigenvalue weighted by Crippen LogP contribution is -2.47. The van der Waals surface area contributed by atoms with Gasteiger partial charge in [0.05, 0.1) is 5.75 Å². The second kappa shape index (κ2) is 6.71. The van der Waals surface area contributed by atoms with Crippen LogP contribution < -0.4 is 10.0 Å². The Bertz CT molecular complexity index is 312. The Labute approximate surface area is 106 Å². The normalized spacial score (nSPS) is 26.4. The van der Waals surface area contributed by atoms with E-state index in [0.29, 0.717) is 6.04 Å². The van der Waals surface area contributed by atoms with Crippen molar-refractivity contribution in [2.75, 3.05) is 12.3 Å². The maximum Gasteiger partial charge on any atom is 0.212 e. The Balaban J connectivity index is 2.48. The molecule has 0 aliphatic carbocycles. The fraction of sp³-hybridized carbons (Fsp3) is 1.00. The van der Waals surface area contributed by atoms with Gasteiger partial charge in [-0.15, -0.1) is 0 Å². The van der Waals surface area contributed by atoms with Crippen LogP contribution in [-0.4, -0.2) is 32.8 Å². The van der Waals surface area contributed by atoms with Gasteiger partial charge in [0.25, 0.3) is 0 Å². The van der Waals surface area contributed by atoms with Crippen LogP contribution >= 0.6 is 0 Å². The van der Waals surface area contributed by atoms with E-state index < -0.39 is 10.0 Å². The van der Waals surface area contributed by atoms with Gasteiger partial charge in [-0.3, -0.25) is 0 Å². The summed E-state index contributed by atoms with van der Waals surface area (Å²) in [6, 6.07) is 0.523. The van der Waals surface area contributed by atoms with Crippen LogP contribution in [0.25, 0.3) is 0 Å². The number of hydrogen-bond acceptors (Lipinski definition) is 3. The Morgan fingerprint density at radius 3 is 2.53 bits per heavy atom. The fourth-order valence-corrected chi connectivity index (χ4v) is 4.29. The molecular weight excluding hydrogens is 236 g/mol. The molecule has 1 fully saturated rings. The first kappa shape index (κ1) is 14.9. The van der Waals surface area contributed by atoms with Crippen molar-refractivity contribution in [2.24, 2.45) is 5.92 Å². The average Bonchev–Trinajstić information content (AvgIpc) is 2.25. The highest BCUT2D eigenvalue weighted by molar-refractivity contribution is 7.89. The van der Waals surface area contributed by atoms with Crippen molar-refractivity contribution in [3.05, 3.63) is 0 Å². The quantitative estimate of drug-likeness (QED) is 0.762. The van der Waals surface area contributed by atoms with Gasteiger partial charge in [-0.05, 0) is 32.2 Å². The van der Waals surface area contributed by atoms with E-state index in [2.05, 4.69) is 30.8 Å². The molecule has 0 bridgehead atoms. The predicted octanol–water partition coefficient (Wildman–Crippen LogP) is 1.48. The van der Waals surface area contributed by atoms with Gasteiger partial charge in [-0.25, -0.2) is 13.1 Å². The summed E-state index contributed by atoms with van der Waals surface area (Å²) in [7, 11) is -3.11. The summed E-state index contributed by atoms with van der Waals surface area (Å²) in [5.41, 5.74) is 0. The molecular formula is C12H26N2O2S. The Morgan fingerprint density at radius 2 is 2.00 bits per heavy atom. The first-order valence-electron chi connectivity index (χ1n) is 6.70. The summed E-state index contributed by atoms with van der Waals surface area (Å²) in [6.45, 7) is 7.10. The summed E-state index contributed by atoms with van der Waals surface area (Å²) in [6.07, 6.45) is 3.65. The van der Waals surface area contributed by atoms with Crippen LogP contribution in [-0.2, 0) is 10.0 Å². The molecule has 5 heteroatoms. The number of piperidine rings is 1. The van der Waals surface area contributed by atoms with Crippen molar-refractivity contribution in [1.82, 2.24) is 10.0 Å². The third-order valence-corrected chi connectivity index (χ3v) is 5.18. The van der Waals surface area contributed by atoms with E-state index in [4.69, 9.17) is 0 Å². The van der Waals surface area contributed by atoms with Crippen molar-refractivity contribution in [3.63, 3.8) is 0 Å². The lowest BCUT2D eigenvalue weighted by Gasteiger charge is -2.29. The number of sulfonamides is 1. The van der Waals surface area contributed by atoms with Crippen LogP contribution in [0.4, 0.5) is 0 Å². The van der Waals surface area contributed by atoms with Crippen LogP contribution in [0.2, 0.25) is 0 Å². The zero-order valence-corrected chi connectivity index (χ0v) is 12.0. The fourth-order valence-electron chi connectivity index (χ4n) is 2.38. The first-order chi connectivity index (χ1) is 7.96. The second-order valence-corrected chi connectivity index (χ2v) is 6.96. The van der Waals surface area contributed by atoms with Gasteiger partial charge < -0.3 is 5.32 Å². The summed E-state index contributed by atoms with van der Waals surface area (Å²) < 4.78 is 26.9. The SMILES string of the molecule is CCC(CC)CS(=O)(=O)NC1CCNC(C)C1. The zero-order valence-electron chi connectivity index (χ0n) is 11.2. The smallest absolute Gasteiger partial charge is 0.212 e. The molecule has 17 heavy (non-hydrogen) atoms. The molecule has 0 aromatic rings. The third kappa shape index (κ3) is 5.36. The van der Waals surface area contributed by atoms with Gasteiger partial charge in [0.15, 0.2) is 0 Å². The Kier molecular flexibility index (Phi) is 5.89. The molecule has 0 radical (unpaired) electrons.